The van der Waals surface area contributed by atoms with E-state index in [1.54, 1.807) is 0 Å². The van der Waals surface area contributed by atoms with E-state index in [0.29, 0.717) is 16.9 Å². The van der Waals surface area contributed by atoms with Crippen LogP contribution in [0.5, 0.6) is 0 Å². The number of ether oxygens (including phenoxy) is 1. The van der Waals surface area contributed by atoms with Crippen LogP contribution in [0.1, 0.15) is 62.2 Å². The Morgan fingerprint density at radius 2 is 1.98 bits per heavy atom. The van der Waals surface area contributed by atoms with E-state index >= 15 is 13.2 Å². The summed E-state index contributed by atoms with van der Waals surface area (Å²) in [6.07, 6.45) is 1.25. The van der Waals surface area contributed by atoms with Crippen molar-refractivity contribution in [2.45, 2.75) is 70.2 Å². The highest BCUT2D eigenvalue weighted by Gasteiger charge is 2.58. The highest BCUT2D eigenvalue weighted by atomic mass is 35.5. The number of nitro benzene ring substituents is 1. The van der Waals surface area contributed by atoms with E-state index in [-0.39, 0.29) is 40.8 Å². The first-order valence-electron chi connectivity index (χ1n) is 13.8. The summed E-state index contributed by atoms with van der Waals surface area (Å²) in [7, 11) is -1.06. The lowest BCUT2D eigenvalue weighted by Gasteiger charge is -2.38. The number of hydrogen-bond acceptors (Lipinski definition) is 8. The number of nitro groups is 1. The number of halogens is 4. The summed E-state index contributed by atoms with van der Waals surface area (Å²) in [5.41, 5.74) is -2.50. The van der Waals surface area contributed by atoms with Gasteiger partial charge in [0.15, 0.2) is 22.2 Å². The lowest BCUT2D eigenvalue weighted by Crippen LogP contribution is -2.55. The molecule has 1 saturated heterocycles. The lowest BCUT2D eigenvalue weighted by molar-refractivity contribution is -0.385. The number of rotatable bonds is 11. The molecule has 15 heteroatoms. The molecule has 0 unspecified atom stereocenters. The monoisotopic (exact) mass is 653 g/mol. The number of nitrogens with zero attached hydrogens (tertiary/aromatic N) is 3. The third-order valence-electron chi connectivity index (χ3n) is 8.29. The van der Waals surface area contributed by atoms with E-state index in [1.165, 1.54) is 12.3 Å². The highest BCUT2D eigenvalue weighted by Crippen LogP contribution is 2.48. The molecule has 0 saturated carbocycles. The molecule has 1 fully saturated rings. The molecule has 0 radical (unpaired) electrons. The Morgan fingerprint density at radius 3 is 2.64 bits per heavy atom. The number of aromatic nitrogens is 1. The Bertz CT molecular complexity index is 1540. The Hall–Kier alpha value is -3.62. The van der Waals surface area contributed by atoms with E-state index < -0.39 is 79.6 Å². The summed E-state index contributed by atoms with van der Waals surface area (Å²) < 4.78 is 57.3. The van der Waals surface area contributed by atoms with Crippen LogP contribution in [0.25, 0.3) is 5.57 Å². The molecule has 44 heavy (non-hydrogen) atoms. The van der Waals surface area contributed by atoms with Crippen LogP contribution < -0.4 is 0 Å². The van der Waals surface area contributed by atoms with Gasteiger partial charge in [0.2, 0.25) is 11.7 Å². The number of fused-ring (bicyclic) bond motifs is 1. The molecule has 1 aromatic heterocycles. The average Bonchev–Trinajstić information content (AvgIpc) is 3.41. The minimum Gasteiger partial charge on any atom is -0.456 e. The highest BCUT2D eigenvalue weighted by molar-refractivity contribution is 6.32. The summed E-state index contributed by atoms with van der Waals surface area (Å²) in [4.78, 5) is 54.0. The zero-order valence-electron chi connectivity index (χ0n) is 24.4. The second kappa shape index (κ2) is 12.8. The molecule has 1 aromatic carbocycles. The maximum Gasteiger partial charge on any atom is 0.329 e. The van der Waals surface area contributed by atoms with Crippen LogP contribution in [0.3, 0.4) is 0 Å². The molecule has 0 aliphatic carbocycles. The smallest absolute Gasteiger partial charge is 0.329 e. The van der Waals surface area contributed by atoms with E-state index in [1.807, 2.05) is 0 Å². The van der Waals surface area contributed by atoms with Crippen LogP contribution >= 0.6 is 11.6 Å². The SMILES string of the molecule is CC(C)C(C)(C)[SiH2]OCc1nccc(C(=O)COC(=O)[C@@H]2CC[C@@H]3N2C(=O)C=C(c2cc(Cl)ccc2[N+](=O)[O-])C3(F)F)c1F. The van der Waals surface area contributed by atoms with Crippen LogP contribution in [0, 0.1) is 21.8 Å². The van der Waals surface area contributed by atoms with Gasteiger partial charge in [-0.05, 0) is 42.0 Å². The number of carbonyl (C=O) groups excluding carboxylic acids is 3. The molecule has 0 bridgehead atoms. The van der Waals surface area contributed by atoms with Crippen molar-refractivity contribution in [3.05, 3.63) is 74.3 Å². The van der Waals surface area contributed by atoms with Crippen molar-refractivity contribution < 1.29 is 41.6 Å². The first-order valence-corrected chi connectivity index (χ1v) is 15.5. The van der Waals surface area contributed by atoms with Crippen LogP contribution in [0.2, 0.25) is 10.1 Å². The molecular weight excluding hydrogens is 623 g/mol. The normalized spacial score (nSPS) is 19.8. The molecule has 0 spiro atoms. The molecule has 2 aliphatic heterocycles. The van der Waals surface area contributed by atoms with Gasteiger partial charge in [0, 0.05) is 28.9 Å². The first kappa shape index (κ1) is 33.3. The molecule has 236 valence electrons. The van der Waals surface area contributed by atoms with Crippen LogP contribution in [-0.2, 0) is 25.4 Å². The van der Waals surface area contributed by atoms with Gasteiger partial charge in [0.1, 0.15) is 17.8 Å². The predicted molar refractivity (Wildman–Crippen MR) is 156 cm³/mol. The van der Waals surface area contributed by atoms with Crippen molar-refractivity contribution in [3.8, 4) is 0 Å². The second-order valence-electron chi connectivity index (χ2n) is 11.7. The zero-order chi connectivity index (χ0) is 32.6. The van der Waals surface area contributed by atoms with Crippen LogP contribution in [0.15, 0.2) is 36.5 Å². The van der Waals surface area contributed by atoms with Crippen LogP contribution in [-0.4, -0.2) is 66.8 Å². The molecular formula is C29H31ClF3N3O7Si. The van der Waals surface area contributed by atoms with Crippen LogP contribution in [0.4, 0.5) is 18.9 Å². The molecule has 2 aliphatic rings. The second-order valence-corrected chi connectivity index (χ2v) is 14.7. The Labute approximate surface area is 258 Å². The molecule has 10 nitrogen and oxygen atoms in total. The van der Waals surface area contributed by atoms with E-state index in [4.69, 9.17) is 20.8 Å². The molecule has 1 amide bonds. The molecule has 0 N–H and O–H groups in total. The summed E-state index contributed by atoms with van der Waals surface area (Å²) >= 11 is 5.91. The number of esters is 1. The molecule has 2 atom stereocenters. The Kier molecular flexibility index (Phi) is 9.66. The third kappa shape index (κ3) is 6.56. The van der Waals surface area contributed by atoms with Gasteiger partial charge in [0.05, 0.1) is 22.7 Å². The third-order valence-corrected chi connectivity index (χ3v) is 10.5. The minimum absolute atomic E-state index is 0.0400. The van der Waals surface area contributed by atoms with Gasteiger partial charge in [-0.15, -0.1) is 0 Å². The van der Waals surface area contributed by atoms with Crippen molar-refractivity contribution in [1.29, 1.82) is 0 Å². The molecule has 4 rings (SSSR count). The lowest BCUT2D eigenvalue weighted by atomic mass is 9.89. The fourth-order valence-electron chi connectivity index (χ4n) is 5.01. The maximum absolute atomic E-state index is 15.7. The Balaban J connectivity index is 1.46. The quantitative estimate of drug-likeness (QED) is 0.108. The standard InChI is InChI=1S/C29H31ClF3N3O7Si/c1-15(2)28(3,4)44-43-13-20-26(31)17(9-10-34-20)23(37)14-42-27(39)22-7-8-24-29(32,33)19(12-25(38)35(22)24)18-11-16(30)5-6-21(18)36(40)41/h5-6,9-12,15,22,24H,7-8,13-14,44H2,1-4H3/t22-,24-/m0/s1. The molecule has 3 heterocycles. The van der Waals surface area contributed by atoms with Gasteiger partial charge in [-0.2, -0.15) is 8.78 Å². The van der Waals surface area contributed by atoms with Gasteiger partial charge >= 0.3 is 5.97 Å². The summed E-state index contributed by atoms with van der Waals surface area (Å²) in [6, 6.07) is 1.01. The number of pyridine rings is 1. The zero-order valence-corrected chi connectivity index (χ0v) is 26.6. The van der Waals surface area contributed by atoms with Gasteiger partial charge < -0.3 is 14.1 Å². The first-order chi connectivity index (χ1) is 20.6. The van der Waals surface area contributed by atoms with Gasteiger partial charge in [-0.25, -0.2) is 9.18 Å². The summed E-state index contributed by atoms with van der Waals surface area (Å²) in [5, 5.41) is 11.4. The summed E-state index contributed by atoms with van der Waals surface area (Å²) in [6.45, 7) is 7.23. The summed E-state index contributed by atoms with van der Waals surface area (Å²) in [5.74, 6) is -7.32. The van der Waals surface area contributed by atoms with E-state index in [2.05, 4.69) is 32.7 Å². The van der Waals surface area contributed by atoms with Crippen molar-refractivity contribution in [3.63, 3.8) is 0 Å². The Morgan fingerprint density at radius 1 is 1.27 bits per heavy atom. The number of alkyl halides is 2. The number of hydrogen-bond donors (Lipinski definition) is 0. The van der Waals surface area contributed by atoms with Crippen molar-refractivity contribution in [1.82, 2.24) is 9.88 Å². The fourth-order valence-corrected chi connectivity index (χ4v) is 6.34. The number of benzene rings is 1. The van der Waals surface area contributed by atoms with Gasteiger partial charge in [-0.3, -0.25) is 24.7 Å². The van der Waals surface area contributed by atoms with E-state index in [0.717, 1.165) is 18.2 Å². The van der Waals surface area contributed by atoms with Crippen molar-refractivity contribution in [2.75, 3.05) is 6.61 Å². The van der Waals surface area contributed by atoms with E-state index in [9.17, 15) is 24.5 Å². The van der Waals surface area contributed by atoms with Gasteiger partial charge in [-0.1, -0.05) is 39.3 Å². The van der Waals surface area contributed by atoms with Crippen molar-refractivity contribution >= 4 is 50.3 Å². The number of amides is 1. The fraction of sp³-hybridized carbons (Fsp3) is 0.448. The minimum atomic E-state index is -3.78. The predicted octanol–water partition coefficient (Wildman–Crippen LogP) is 5.06. The molecule has 2 aromatic rings. The van der Waals surface area contributed by atoms with Gasteiger partial charge in [0.25, 0.3) is 11.6 Å². The average molecular weight is 654 g/mol. The number of ketones is 1. The number of carbonyl (C=O) groups is 3. The van der Waals surface area contributed by atoms with Crippen molar-refractivity contribution in [2.24, 2.45) is 5.92 Å². The number of Topliss-reactive ketones (excluding diaryl/α,β-unsaturated/α-hetero) is 1. The maximum atomic E-state index is 15.7. The largest absolute Gasteiger partial charge is 0.456 e. The topological polar surface area (TPSA) is 129 Å².